The monoisotopic (exact) mass is 278 g/mol. The summed E-state index contributed by atoms with van der Waals surface area (Å²) >= 11 is 0. The lowest BCUT2D eigenvalue weighted by atomic mass is 9.52. The molecule has 20 heavy (non-hydrogen) atoms. The van der Waals surface area contributed by atoms with Crippen molar-refractivity contribution in [2.75, 3.05) is 33.2 Å². The molecule has 4 saturated carbocycles. The van der Waals surface area contributed by atoms with Gasteiger partial charge >= 0.3 is 0 Å². The van der Waals surface area contributed by atoms with E-state index in [0.29, 0.717) is 0 Å². The van der Waals surface area contributed by atoms with Gasteiger partial charge in [0.15, 0.2) is 0 Å². The van der Waals surface area contributed by atoms with Crippen LogP contribution in [0, 0.1) is 35.5 Å². The van der Waals surface area contributed by atoms with Gasteiger partial charge in [0.1, 0.15) is 0 Å². The summed E-state index contributed by atoms with van der Waals surface area (Å²) in [5, 5.41) is 3.58. The maximum Gasteiger partial charge on any atom is 0.0104 e. The molecule has 116 valence electrons. The zero-order chi connectivity index (χ0) is 14.1. The van der Waals surface area contributed by atoms with Crippen LogP contribution in [0.25, 0.3) is 0 Å². The molecule has 0 aromatic heterocycles. The Morgan fingerprint density at radius 3 is 2.15 bits per heavy atom. The Kier molecular flexibility index (Phi) is 4.72. The normalized spacial score (nSPS) is 39.1. The molecule has 0 atom stereocenters. The van der Waals surface area contributed by atoms with Crippen LogP contribution in [0.4, 0.5) is 0 Å². The largest absolute Gasteiger partial charge is 0.315 e. The molecule has 4 rings (SSSR count). The van der Waals surface area contributed by atoms with Gasteiger partial charge in [0.25, 0.3) is 0 Å². The molecular weight excluding hydrogens is 244 g/mol. The van der Waals surface area contributed by atoms with E-state index < -0.39 is 0 Å². The average molecular weight is 278 g/mol. The summed E-state index contributed by atoms with van der Waals surface area (Å²) in [6.45, 7) is 9.46. The molecule has 4 bridgehead atoms. The van der Waals surface area contributed by atoms with E-state index in [1.165, 1.54) is 13.1 Å². The summed E-state index contributed by atoms with van der Waals surface area (Å²) < 4.78 is 0. The Bertz CT molecular complexity index is 285. The predicted octanol–water partition coefficient (Wildman–Crippen LogP) is 3.24. The Hall–Kier alpha value is -0.0800. The third-order valence-corrected chi connectivity index (χ3v) is 6.17. The van der Waals surface area contributed by atoms with Crippen molar-refractivity contribution in [3.8, 4) is 0 Å². The quantitative estimate of drug-likeness (QED) is 0.719. The highest BCUT2D eigenvalue weighted by Crippen LogP contribution is 2.56. The lowest BCUT2D eigenvalue weighted by Crippen LogP contribution is -2.49. The van der Waals surface area contributed by atoms with Crippen molar-refractivity contribution in [1.29, 1.82) is 0 Å². The third kappa shape index (κ3) is 3.39. The van der Waals surface area contributed by atoms with Crippen molar-refractivity contribution < 1.29 is 0 Å². The fraction of sp³-hybridized carbons (Fsp3) is 1.00. The van der Waals surface area contributed by atoms with E-state index in [1.54, 1.807) is 32.1 Å². The Labute approximate surface area is 125 Å². The summed E-state index contributed by atoms with van der Waals surface area (Å²) in [5.74, 6) is 6.19. The second-order valence-electron chi connectivity index (χ2n) is 8.45. The van der Waals surface area contributed by atoms with Crippen LogP contribution in [0.1, 0.15) is 46.0 Å². The lowest BCUT2D eigenvalue weighted by molar-refractivity contribution is -0.0465. The van der Waals surface area contributed by atoms with Gasteiger partial charge < -0.3 is 10.2 Å². The van der Waals surface area contributed by atoms with E-state index in [2.05, 4.69) is 31.1 Å². The van der Waals surface area contributed by atoms with Gasteiger partial charge in [-0.05, 0) is 81.2 Å². The SMILES string of the molecule is CC(C)CNCCN(C)CC1C2CC3CC(C2)CC1C3. The second-order valence-corrected chi connectivity index (χ2v) is 8.45. The van der Waals surface area contributed by atoms with Crippen LogP contribution in [-0.2, 0) is 0 Å². The van der Waals surface area contributed by atoms with Crippen LogP contribution in [-0.4, -0.2) is 38.1 Å². The molecular formula is C18H34N2. The zero-order valence-electron chi connectivity index (χ0n) is 13.8. The van der Waals surface area contributed by atoms with Gasteiger partial charge in [0.05, 0.1) is 0 Å². The van der Waals surface area contributed by atoms with Crippen LogP contribution in [0.5, 0.6) is 0 Å². The van der Waals surface area contributed by atoms with E-state index in [4.69, 9.17) is 0 Å². The van der Waals surface area contributed by atoms with Crippen molar-refractivity contribution >= 4 is 0 Å². The molecule has 0 heterocycles. The number of nitrogens with zero attached hydrogens (tertiary/aromatic N) is 1. The molecule has 0 aromatic carbocycles. The van der Waals surface area contributed by atoms with Crippen LogP contribution in [0.2, 0.25) is 0 Å². The molecule has 0 amide bonds. The Morgan fingerprint density at radius 1 is 1.00 bits per heavy atom. The Morgan fingerprint density at radius 2 is 1.60 bits per heavy atom. The van der Waals surface area contributed by atoms with E-state index in [0.717, 1.165) is 48.6 Å². The fourth-order valence-corrected chi connectivity index (χ4v) is 5.45. The molecule has 2 nitrogen and oxygen atoms in total. The first-order valence-electron chi connectivity index (χ1n) is 9.01. The molecule has 4 fully saturated rings. The first-order chi connectivity index (χ1) is 9.61. The number of nitrogens with one attached hydrogen (secondary N) is 1. The molecule has 0 radical (unpaired) electrons. The molecule has 4 aliphatic carbocycles. The van der Waals surface area contributed by atoms with Gasteiger partial charge in [-0.25, -0.2) is 0 Å². The summed E-state index contributed by atoms with van der Waals surface area (Å²) in [4.78, 5) is 2.60. The van der Waals surface area contributed by atoms with Crippen LogP contribution in [0.15, 0.2) is 0 Å². The summed E-state index contributed by atoms with van der Waals surface area (Å²) in [7, 11) is 2.34. The number of likely N-dealkylation sites (N-methyl/N-ethyl adjacent to an activating group) is 1. The molecule has 1 N–H and O–H groups in total. The second kappa shape index (κ2) is 6.36. The van der Waals surface area contributed by atoms with Gasteiger partial charge in [-0.1, -0.05) is 13.8 Å². The molecule has 0 aliphatic heterocycles. The smallest absolute Gasteiger partial charge is 0.0104 e. The maximum absolute atomic E-state index is 3.58. The molecule has 0 saturated heterocycles. The number of hydrogen-bond donors (Lipinski definition) is 1. The average Bonchev–Trinajstić information content (AvgIpc) is 2.38. The molecule has 0 unspecified atom stereocenters. The first-order valence-corrected chi connectivity index (χ1v) is 9.01. The summed E-state index contributed by atoms with van der Waals surface area (Å²) in [6.07, 6.45) is 7.84. The van der Waals surface area contributed by atoms with Crippen LogP contribution < -0.4 is 5.32 Å². The van der Waals surface area contributed by atoms with E-state index in [-0.39, 0.29) is 0 Å². The van der Waals surface area contributed by atoms with Crippen LogP contribution >= 0.6 is 0 Å². The van der Waals surface area contributed by atoms with Crippen molar-refractivity contribution in [1.82, 2.24) is 10.2 Å². The molecule has 0 aromatic rings. The van der Waals surface area contributed by atoms with Crippen molar-refractivity contribution in [3.63, 3.8) is 0 Å². The molecule has 2 heteroatoms. The highest BCUT2D eigenvalue weighted by Gasteiger charge is 2.47. The fourth-order valence-electron chi connectivity index (χ4n) is 5.45. The van der Waals surface area contributed by atoms with Crippen molar-refractivity contribution in [2.45, 2.75) is 46.0 Å². The number of hydrogen-bond acceptors (Lipinski definition) is 2. The van der Waals surface area contributed by atoms with Gasteiger partial charge in [-0.15, -0.1) is 0 Å². The topological polar surface area (TPSA) is 15.3 Å². The standard InChI is InChI=1S/C18H34N2/c1-13(2)11-19-4-5-20(3)12-18-16-7-14-6-15(9-16)10-17(18)8-14/h13-19H,4-12H2,1-3H3. The minimum absolute atomic E-state index is 0.768. The lowest BCUT2D eigenvalue weighted by Gasteiger charge is -2.55. The van der Waals surface area contributed by atoms with E-state index in [9.17, 15) is 0 Å². The van der Waals surface area contributed by atoms with Gasteiger partial charge in [-0.2, -0.15) is 0 Å². The summed E-state index contributed by atoms with van der Waals surface area (Å²) in [6, 6.07) is 0. The maximum atomic E-state index is 3.58. The molecule has 4 aliphatic rings. The minimum Gasteiger partial charge on any atom is -0.315 e. The van der Waals surface area contributed by atoms with Gasteiger partial charge in [0, 0.05) is 19.6 Å². The zero-order valence-corrected chi connectivity index (χ0v) is 13.8. The van der Waals surface area contributed by atoms with Crippen LogP contribution in [0.3, 0.4) is 0 Å². The highest BCUT2D eigenvalue weighted by atomic mass is 15.1. The van der Waals surface area contributed by atoms with Gasteiger partial charge in [-0.3, -0.25) is 0 Å². The Balaban J connectivity index is 1.41. The highest BCUT2D eigenvalue weighted by molar-refractivity contribution is 4.98. The predicted molar refractivity (Wildman–Crippen MR) is 85.7 cm³/mol. The molecule has 0 spiro atoms. The van der Waals surface area contributed by atoms with E-state index >= 15 is 0 Å². The first kappa shape index (κ1) is 14.8. The van der Waals surface area contributed by atoms with Gasteiger partial charge in [0.2, 0.25) is 0 Å². The summed E-state index contributed by atoms with van der Waals surface area (Å²) in [5.41, 5.74) is 0. The minimum atomic E-state index is 0.768. The van der Waals surface area contributed by atoms with Crippen molar-refractivity contribution in [3.05, 3.63) is 0 Å². The van der Waals surface area contributed by atoms with E-state index in [1.807, 2.05) is 0 Å². The number of rotatable bonds is 7. The third-order valence-electron chi connectivity index (χ3n) is 6.17. The van der Waals surface area contributed by atoms with Crippen molar-refractivity contribution in [2.24, 2.45) is 35.5 Å².